The normalized spacial score (nSPS) is 10.3. The number of benzene rings is 1. The molecule has 4 heteroatoms. The first kappa shape index (κ1) is 10.6. The van der Waals surface area contributed by atoms with Crippen LogP contribution in [0, 0.1) is 0 Å². The quantitative estimate of drug-likeness (QED) is 0.911. The molecule has 0 atom stereocenters. The van der Waals surface area contributed by atoms with E-state index < -0.39 is 0 Å². The minimum Gasteiger partial charge on any atom is -0.322 e. The number of hydrogen-bond donors (Lipinski definition) is 1. The van der Waals surface area contributed by atoms with Crippen LogP contribution in [0.1, 0.15) is 5.56 Å². The van der Waals surface area contributed by atoms with Crippen molar-refractivity contribution in [2.75, 3.05) is 5.43 Å². The van der Waals surface area contributed by atoms with Crippen LogP contribution >= 0.6 is 27.5 Å². The summed E-state index contributed by atoms with van der Waals surface area (Å²) in [6.07, 6.45) is 3.90. The van der Waals surface area contributed by atoms with E-state index in [1.165, 1.54) is 0 Å². The van der Waals surface area contributed by atoms with Crippen molar-refractivity contribution in [3.05, 3.63) is 57.8 Å². The zero-order valence-corrected chi connectivity index (χ0v) is 10.3. The Hall–Kier alpha value is -0.930. The van der Waals surface area contributed by atoms with Crippen LogP contribution in [-0.2, 0) is 6.54 Å². The van der Waals surface area contributed by atoms with Gasteiger partial charge in [-0.1, -0.05) is 33.6 Å². The zero-order valence-electron chi connectivity index (χ0n) is 7.95. The molecule has 1 aromatic heterocycles. The zero-order chi connectivity index (χ0) is 10.7. The fourth-order valence-electron chi connectivity index (χ4n) is 1.28. The van der Waals surface area contributed by atoms with Crippen molar-refractivity contribution in [1.29, 1.82) is 0 Å². The number of nitrogens with zero attached hydrogens (tertiary/aromatic N) is 1. The van der Waals surface area contributed by atoms with Gasteiger partial charge in [-0.2, -0.15) is 0 Å². The summed E-state index contributed by atoms with van der Waals surface area (Å²) in [7, 11) is 0. The van der Waals surface area contributed by atoms with E-state index in [1.807, 2.05) is 47.4 Å². The molecule has 2 aromatic rings. The van der Waals surface area contributed by atoms with Crippen molar-refractivity contribution in [2.24, 2.45) is 0 Å². The highest BCUT2D eigenvalue weighted by molar-refractivity contribution is 9.10. The van der Waals surface area contributed by atoms with Crippen molar-refractivity contribution in [2.45, 2.75) is 6.54 Å². The van der Waals surface area contributed by atoms with Crippen LogP contribution in [0.3, 0.4) is 0 Å². The number of hydrogen-bond acceptors (Lipinski definition) is 1. The lowest BCUT2D eigenvalue weighted by molar-refractivity contribution is 0.847. The van der Waals surface area contributed by atoms with Crippen LogP contribution in [-0.4, -0.2) is 4.68 Å². The maximum absolute atomic E-state index is 6.09. The highest BCUT2D eigenvalue weighted by atomic mass is 79.9. The van der Waals surface area contributed by atoms with Gasteiger partial charge >= 0.3 is 0 Å². The van der Waals surface area contributed by atoms with Gasteiger partial charge in [-0.3, -0.25) is 4.68 Å². The Labute approximate surface area is 102 Å². The number of nitrogens with one attached hydrogen (secondary N) is 1. The summed E-state index contributed by atoms with van der Waals surface area (Å²) in [4.78, 5) is 0. The predicted octanol–water partition coefficient (Wildman–Crippen LogP) is 3.65. The van der Waals surface area contributed by atoms with Crippen LogP contribution in [0.25, 0.3) is 0 Å². The van der Waals surface area contributed by atoms with Crippen molar-refractivity contribution >= 4 is 27.5 Å². The van der Waals surface area contributed by atoms with E-state index in [4.69, 9.17) is 11.6 Å². The molecule has 0 radical (unpaired) electrons. The van der Waals surface area contributed by atoms with Crippen molar-refractivity contribution in [3.63, 3.8) is 0 Å². The van der Waals surface area contributed by atoms with E-state index in [0.717, 1.165) is 15.1 Å². The third kappa shape index (κ3) is 2.76. The van der Waals surface area contributed by atoms with Gasteiger partial charge < -0.3 is 5.43 Å². The summed E-state index contributed by atoms with van der Waals surface area (Å²) in [6.45, 7) is 0.709. The number of rotatable bonds is 3. The molecule has 0 spiro atoms. The Kier molecular flexibility index (Phi) is 3.34. The van der Waals surface area contributed by atoms with Gasteiger partial charge in [-0.15, -0.1) is 0 Å². The summed E-state index contributed by atoms with van der Waals surface area (Å²) < 4.78 is 2.90. The third-order valence-corrected chi connectivity index (χ3v) is 2.92. The second-order valence-corrected chi connectivity index (χ2v) is 4.48. The van der Waals surface area contributed by atoms with Crippen molar-refractivity contribution in [1.82, 2.24) is 4.68 Å². The number of aromatic nitrogens is 1. The van der Waals surface area contributed by atoms with E-state index in [1.54, 1.807) is 0 Å². The van der Waals surface area contributed by atoms with E-state index in [0.29, 0.717) is 6.54 Å². The van der Waals surface area contributed by atoms with Crippen molar-refractivity contribution < 1.29 is 0 Å². The van der Waals surface area contributed by atoms with Crippen LogP contribution in [0.15, 0.2) is 47.2 Å². The maximum Gasteiger partial charge on any atom is 0.0578 e. The van der Waals surface area contributed by atoms with Crippen LogP contribution in [0.5, 0.6) is 0 Å². The molecule has 0 aliphatic rings. The fourth-order valence-corrected chi connectivity index (χ4v) is 2.02. The van der Waals surface area contributed by atoms with Gasteiger partial charge in [0, 0.05) is 21.9 Å². The van der Waals surface area contributed by atoms with E-state index in [-0.39, 0.29) is 0 Å². The first-order chi connectivity index (χ1) is 7.25. The molecule has 0 aliphatic carbocycles. The van der Waals surface area contributed by atoms with Crippen molar-refractivity contribution in [3.8, 4) is 0 Å². The summed E-state index contributed by atoms with van der Waals surface area (Å²) in [5.74, 6) is 0. The molecule has 0 saturated carbocycles. The van der Waals surface area contributed by atoms with Gasteiger partial charge in [0.2, 0.25) is 0 Å². The highest BCUT2D eigenvalue weighted by Gasteiger charge is 2.00. The summed E-state index contributed by atoms with van der Waals surface area (Å²) in [6, 6.07) is 9.82. The van der Waals surface area contributed by atoms with Gasteiger partial charge in [0.25, 0.3) is 0 Å². The molecule has 0 fully saturated rings. The number of halogens is 2. The van der Waals surface area contributed by atoms with E-state index >= 15 is 0 Å². The predicted molar refractivity (Wildman–Crippen MR) is 66.6 cm³/mol. The van der Waals surface area contributed by atoms with Gasteiger partial charge in [-0.05, 0) is 29.8 Å². The average Bonchev–Trinajstić information content (AvgIpc) is 2.69. The summed E-state index contributed by atoms with van der Waals surface area (Å²) in [5.41, 5.74) is 4.30. The first-order valence-corrected chi connectivity index (χ1v) is 5.73. The van der Waals surface area contributed by atoms with Gasteiger partial charge in [0.15, 0.2) is 0 Å². The SMILES string of the molecule is Clc1cc(Br)ccc1CNn1cccc1. The Morgan fingerprint density at radius 1 is 1.27 bits per heavy atom. The lowest BCUT2D eigenvalue weighted by Gasteiger charge is -2.09. The van der Waals surface area contributed by atoms with Gasteiger partial charge in [0.05, 0.1) is 6.54 Å². The second kappa shape index (κ2) is 4.73. The van der Waals surface area contributed by atoms with E-state index in [9.17, 15) is 0 Å². The van der Waals surface area contributed by atoms with Crippen LogP contribution in [0.4, 0.5) is 0 Å². The topological polar surface area (TPSA) is 17.0 Å². The van der Waals surface area contributed by atoms with Crippen LogP contribution in [0.2, 0.25) is 5.02 Å². The first-order valence-electron chi connectivity index (χ1n) is 4.56. The molecule has 1 aromatic carbocycles. The monoisotopic (exact) mass is 284 g/mol. The summed E-state index contributed by atoms with van der Waals surface area (Å²) in [5, 5.41) is 0.768. The Bertz CT molecular complexity index is 440. The molecule has 1 N–H and O–H groups in total. The molecular formula is C11H10BrClN2. The largest absolute Gasteiger partial charge is 0.322 e. The molecule has 2 nitrogen and oxygen atoms in total. The molecule has 1 heterocycles. The third-order valence-electron chi connectivity index (χ3n) is 2.07. The molecule has 0 amide bonds. The van der Waals surface area contributed by atoms with Crippen LogP contribution < -0.4 is 5.43 Å². The lowest BCUT2D eigenvalue weighted by Crippen LogP contribution is -2.11. The average molecular weight is 286 g/mol. The second-order valence-electron chi connectivity index (χ2n) is 3.16. The molecule has 78 valence electrons. The smallest absolute Gasteiger partial charge is 0.0578 e. The highest BCUT2D eigenvalue weighted by Crippen LogP contribution is 2.21. The minimum absolute atomic E-state index is 0.709. The Balaban J connectivity index is 2.05. The standard InChI is InChI=1S/C11H10BrClN2/c12-10-4-3-9(11(13)7-10)8-14-15-5-1-2-6-15/h1-7,14H,8H2. The molecule has 0 saturated heterocycles. The van der Waals surface area contributed by atoms with Gasteiger partial charge in [-0.25, -0.2) is 0 Å². The Morgan fingerprint density at radius 3 is 2.67 bits per heavy atom. The molecule has 2 rings (SSSR count). The molecule has 0 unspecified atom stereocenters. The molecule has 15 heavy (non-hydrogen) atoms. The lowest BCUT2D eigenvalue weighted by atomic mass is 10.2. The molecular weight excluding hydrogens is 275 g/mol. The van der Waals surface area contributed by atoms with Gasteiger partial charge in [0.1, 0.15) is 0 Å². The molecule has 0 bridgehead atoms. The maximum atomic E-state index is 6.09. The fraction of sp³-hybridized carbons (Fsp3) is 0.0909. The van der Waals surface area contributed by atoms with E-state index in [2.05, 4.69) is 21.4 Å². The summed E-state index contributed by atoms with van der Waals surface area (Å²) >= 11 is 9.47. The molecule has 0 aliphatic heterocycles. The Morgan fingerprint density at radius 2 is 2.00 bits per heavy atom. The minimum atomic E-state index is 0.709.